The number of rotatable bonds is 5. The summed E-state index contributed by atoms with van der Waals surface area (Å²) in [5.41, 5.74) is 6.71. The number of hydrogen-bond donors (Lipinski definition) is 0. The van der Waals surface area contributed by atoms with E-state index in [1.807, 2.05) is 0 Å². The normalized spacial score (nSPS) is 12.7. The van der Waals surface area contributed by atoms with Crippen LogP contribution in [-0.2, 0) is 19.3 Å². The Morgan fingerprint density at radius 1 is 1.05 bits per heavy atom. The largest absolute Gasteiger partial charge is 0.136 e. The van der Waals surface area contributed by atoms with Gasteiger partial charge in [0.2, 0.25) is 0 Å². The maximum atomic E-state index is 6.79. The number of benzene rings is 1. The lowest BCUT2D eigenvalue weighted by atomic mass is 9.90. The number of aryl methyl sites for hydroxylation is 3. The summed E-state index contributed by atoms with van der Waals surface area (Å²) in [4.78, 5) is 0. The standard InChI is InChI=1S/C17H20BrClS/c1-4-11-7-12(5-2)16(13(6-3)8-11)17(19)14-9-15(18)20-10-14/h7-10,17H,4-6H2,1-3H3. The Hall–Kier alpha value is -0.310. The number of hydrogen-bond acceptors (Lipinski definition) is 1. The molecule has 0 fully saturated rings. The molecule has 108 valence electrons. The fourth-order valence-corrected chi connectivity index (χ4v) is 4.27. The second-order valence-corrected chi connectivity index (χ2v) is 7.66. The summed E-state index contributed by atoms with van der Waals surface area (Å²) in [5.74, 6) is 0. The molecule has 0 saturated carbocycles. The summed E-state index contributed by atoms with van der Waals surface area (Å²) in [5, 5.41) is 2.10. The molecule has 3 heteroatoms. The Morgan fingerprint density at radius 2 is 1.65 bits per heavy atom. The molecule has 0 aliphatic carbocycles. The SMILES string of the molecule is CCc1cc(CC)c(C(Cl)c2csc(Br)c2)c(CC)c1. The van der Waals surface area contributed by atoms with Gasteiger partial charge in [-0.25, -0.2) is 0 Å². The fourth-order valence-electron chi connectivity index (χ4n) is 2.59. The monoisotopic (exact) mass is 370 g/mol. The molecule has 0 saturated heterocycles. The van der Waals surface area contributed by atoms with Crippen LogP contribution in [0.3, 0.4) is 0 Å². The van der Waals surface area contributed by atoms with Gasteiger partial charge in [0.15, 0.2) is 0 Å². The maximum Gasteiger partial charge on any atom is 0.0849 e. The molecule has 1 atom stereocenters. The van der Waals surface area contributed by atoms with Crippen LogP contribution in [0.2, 0.25) is 0 Å². The van der Waals surface area contributed by atoms with E-state index in [0.29, 0.717) is 0 Å². The molecule has 0 spiro atoms. The Kier molecular flexibility index (Phi) is 5.71. The van der Waals surface area contributed by atoms with Gasteiger partial charge < -0.3 is 0 Å². The third-order valence-corrected chi connectivity index (χ3v) is 5.71. The van der Waals surface area contributed by atoms with E-state index in [4.69, 9.17) is 11.6 Å². The van der Waals surface area contributed by atoms with E-state index in [9.17, 15) is 0 Å². The van der Waals surface area contributed by atoms with E-state index >= 15 is 0 Å². The zero-order valence-corrected chi connectivity index (χ0v) is 15.3. The summed E-state index contributed by atoms with van der Waals surface area (Å²) >= 11 is 12.0. The van der Waals surface area contributed by atoms with E-state index < -0.39 is 0 Å². The molecule has 0 N–H and O–H groups in total. The lowest BCUT2D eigenvalue weighted by Crippen LogP contribution is -2.04. The number of halogens is 2. The first-order valence-corrected chi connectivity index (χ1v) is 9.24. The minimum absolute atomic E-state index is 0.0478. The van der Waals surface area contributed by atoms with E-state index in [0.717, 1.165) is 23.0 Å². The highest BCUT2D eigenvalue weighted by Crippen LogP contribution is 2.38. The quantitative estimate of drug-likeness (QED) is 0.524. The highest BCUT2D eigenvalue weighted by atomic mass is 79.9. The molecule has 0 aliphatic heterocycles. The third-order valence-electron chi connectivity index (χ3n) is 3.72. The second-order valence-electron chi connectivity index (χ2n) is 4.94. The van der Waals surface area contributed by atoms with Gasteiger partial charge in [0, 0.05) is 0 Å². The molecule has 0 radical (unpaired) electrons. The molecule has 0 bridgehead atoms. The zero-order chi connectivity index (χ0) is 14.7. The van der Waals surface area contributed by atoms with Crippen molar-refractivity contribution >= 4 is 38.9 Å². The van der Waals surface area contributed by atoms with Crippen LogP contribution in [0.4, 0.5) is 0 Å². The highest BCUT2D eigenvalue weighted by Gasteiger charge is 2.19. The molecule has 1 aromatic carbocycles. The average molecular weight is 372 g/mol. The molecular weight excluding hydrogens is 352 g/mol. The Bertz CT molecular complexity index is 563. The average Bonchev–Trinajstić information content (AvgIpc) is 2.91. The van der Waals surface area contributed by atoms with Gasteiger partial charge >= 0.3 is 0 Å². The van der Waals surface area contributed by atoms with Crippen molar-refractivity contribution < 1.29 is 0 Å². The van der Waals surface area contributed by atoms with Crippen molar-refractivity contribution in [3.05, 3.63) is 55.2 Å². The van der Waals surface area contributed by atoms with Crippen LogP contribution in [0, 0.1) is 0 Å². The van der Waals surface area contributed by atoms with Crippen molar-refractivity contribution in [2.24, 2.45) is 0 Å². The van der Waals surface area contributed by atoms with Gasteiger partial charge in [0.1, 0.15) is 0 Å². The maximum absolute atomic E-state index is 6.79. The van der Waals surface area contributed by atoms with E-state index in [-0.39, 0.29) is 5.38 Å². The molecule has 0 aliphatic rings. The first-order chi connectivity index (χ1) is 9.60. The topological polar surface area (TPSA) is 0 Å². The van der Waals surface area contributed by atoms with Crippen LogP contribution in [0.1, 0.15) is 54.0 Å². The van der Waals surface area contributed by atoms with Crippen LogP contribution in [0.5, 0.6) is 0 Å². The van der Waals surface area contributed by atoms with Gasteiger partial charge in [-0.3, -0.25) is 0 Å². The van der Waals surface area contributed by atoms with Crippen LogP contribution < -0.4 is 0 Å². The van der Waals surface area contributed by atoms with Crippen LogP contribution in [0.15, 0.2) is 27.4 Å². The minimum Gasteiger partial charge on any atom is -0.136 e. The molecule has 20 heavy (non-hydrogen) atoms. The van der Waals surface area contributed by atoms with Crippen LogP contribution in [-0.4, -0.2) is 0 Å². The fraction of sp³-hybridized carbons (Fsp3) is 0.412. The summed E-state index contributed by atoms with van der Waals surface area (Å²) in [6.45, 7) is 6.64. The Labute approximate surface area is 139 Å². The summed E-state index contributed by atoms with van der Waals surface area (Å²) in [7, 11) is 0. The number of alkyl halides is 1. The van der Waals surface area contributed by atoms with Crippen molar-refractivity contribution in [3.8, 4) is 0 Å². The lowest BCUT2D eigenvalue weighted by molar-refractivity contribution is 0.966. The zero-order valence-electron chi connectivity index (χ0n) is 12.2. The second kappa shape index (κ2) is 7.11. The van der Waals surface area contributed by atoms with Gasteiger partial charge in [0.25, 0.3) is 0 Å². The minimum atomic E-state index is -0.0478. The molecule has 1 heterocycles. The smallest absolute Gasteiger partial charge is 0.0849 e. The summed E-state index contributed by atoms with van der Waals surface area (Å²) < 4.78 is 1.14. The van der Waals surface area contributed by atoms with E-state index in [1.165, 1.54) is 27.8 Å². The molecule has 1 unspecified atom stereocenters. The Balaban J connectivity index is 2.53. The Morgan fingerprint density at radius 3 is 2.05 bits per heavy atom. The van der Waals surface area contributed by atoms with Crippen LogP contribution >= 0.6 is 38.9 Å². The molecule has 0 amide bonds. The van der Waals surface area contributed by atoms with Crippen molar-refractivity contribution in [2.45, 2.75) is 45.4 Å². The van der Waals surface area contributed by atoms with Gasteiger partial charge in [-0.1, -0.05) is 32.9 Å². The van der Waals surface area contributed by atoms with Crippen molar-refractivity contribution in [2.75, 3.05) is 0 Å². The predicted octanol–water partition coefficient (Wildman–Crippen LogP) is 6.53. The van der Waals surface area contributed by atoms with Gasteiger partial charge in [0.05, 0.1) is 9.16 Å². The predicted molar refractivity (Wildman–Crippen MR) is 94.3 cm³/mol. The van der Waals surface area contributed by atoms with E-state index in [2.05, 4.69) is 60.3 Å². The first-order valence-electron chi connectivity index (χ1n) is 7.13. The first kappa shape index (κ1) is 16.1. The summed E-state index contributed by atoms with van der Waals surface area (Å²) in [6, 6.07) is 6.78. The third kappa shape index (κ3) is 3.29. The van der Waals surface area contributed by atoms with Crippen LogP contribution in [0.25, 0.3) is 0 Å². The molecule has 2 rings (SSSR count). The lowest BCUT2D eigenvalue weighted by Gasteiger charge is -2.19. The van der Waals surface area contributed by atoms with Gasteiger partial charge in [-0.05, 0) is 74.5 Å². The van der Waals surface area contributed by atoms with Gasteiger partial charge in [-0.15, -0.1) is 22.9 Å². The number of thiophene rings is 1. The molecule has 1 aromatic heterocycles. The molecule has 2 aromatic rings. The van der Waals surface area contributed by atoms with E-state index in [1.54, 1.807) is 11.3 Å². The van der Waals surface area contributed by atoms with Crippen molar-refractivity contribution in [1.29, 1.82) is 0 Å². The van der Waals surface area contributed by atoms with Gasteiger partial charge in [-0.2, -0.15) is 0 Å². The van der Waals surface area contributed by atoms with Crippen molar-refractivity contribution in [3.63, 3.8) is 0 Å². The molecular formula is C17H20BrClS. The highest BCUT2D eigenvalue weighted by molar-refractivity contribution is 9.11. The molecule has 0 nitrogen and oxygen atoms in total. The van der Waals surface area contributed by atoms with Crippen molar-refractivity contribution in [1.82, 2.24) is 0 Å². The summed E-state index contributed by atoms with van der Waals surface area (Å²) in [6.07, 6.45) is 3.15.